The molecule has 2 aromatic heterocycles. The van der Waals surface area contributed by atoms with Gasteiger partial charge in [-0.15, -0.1) is 0 Å². The quantitative estimate of drug-likeness (QED) is 0.363. The summed E-state index contributed by atoms with van der Waals surface area (Å²) in [6.07, 6.45) is 5.53. The topological polar surface area (TPSA) is 137 Å². The lowest BCUT2D eigenvalue weighted by Gasteiger charge is -2.03. The molecule has 0 aliphatic heterocycles. The van der Waals surface area contributed by atoms with Crippen LogP contribution in [-0.2, 0) is 14.3 Å². The maximum absolute atomic E-state index is 10.9. The molecule has 2 rings (SSSR count). The molecule has 0 radical (unpaired) electrons. The van der Waals surface area contributed by atoms with E-state index in [2.05, 4.69) is 14.7 Å². The number of carboxylic acid groups (broad SMARTS) is 1. The van der Waals surface area contributed by atoms with Gasteiger partial charge in [0.15, 0.2) is 0 Å². The van der Waals surface area contributed by atoms with Crippen LogP contribution in [0.1, 0.15) is 11.1 Å². The number of pyridine rings is 2. The number of nitrogens with zero attached hydrogens (tertiary/aromatic N) is 4. The molecule has 8 nitrogen and oxygen atoms in total. The van der Waals surface area contributed by atoms with Crippen molar-refractivity contribution in [1.29, 1.82) is 10.5 Å². The summed E-state index contributed by atoms with van der Waals surface area (Å²) in [7, 11) is 0. The van der Waals surface area contributed by atoms with Gasteiger partial charge in [0.1, 0.15) is 17.7 Å². The molecule has 0 aliphatic rings. The van der Waals surface area contributed by atoms with E-state index in [1.807, 2.05) is 0 Å². The average Bonchev–Trinajstić information content (AvgIpc) is 2.66. The Morgan fingerprint density at radius 1 is 1.04 bits per heavy atom. The Morgan fingerprint density at radius 3 is 2.08 bits per heavy atom. The van der Waals surface area contributed by atoms with Crippen LogP contribution < -0.4 is 0 Å². The van der Waals surface area contributed by atoms with Crippen molar-refractivity contribution in [2.24, 2.45) is 0 Å². The zero-order valence-electron chi connectivity index (χ0n) is 13.2. The molecule has 0 unspecified atom stereocenters. The van der Waals surface area contributed by atoms with Gasteiger partial charge in [0, 0.05) is 12.4 Å². The van der Waals surface area contributed by atoms with Crippen LogP contribution in [0.5, 0.6) is 0 Å². The van der Waals surface area contributed by atoms with Crippen molar-refractivity contribution < 1.29 is 19.4 Å². The highest BCUT2D eigenvalue weighted by molar-refractivity contribution is 5.96. The van der Waals surface area contributed by atoms with E-state index in [-0.39, 0.29) is 12.2 Å². The molecule has 0 amide bonds. The molecule has 2 aromatic rings. The van der Waals surface area contributed by atoms with Gasteiger partial charge in [-0.05, 0) is 47.5 Å². The summed E-state index contributed by atoms with van der Waals surface area (Å²) in [5, 5.41) is 26.6. The van der Waals surface area contributed by atoms with Crippen molar-refractivity contribution in [3.8, 4) is 23.5 Å². The minimum atomic E-state index is -1.32. The number of rotatable bonds is 6. The van der Waals surface area contributed by atoms with Gasteiger partial charge in [-0.25, -0.2) is 4.79 Å². The number of ether oxygens (including phenoxy) is 1. The summed E-state index contributed by atoms with van der Waals surface area (Å²) in [6, 6.07) is 9.69. The maximum atomic E-state index is 10.9. The second-order valence-corrected chi connectivity index (χ2v) is 4.76. The molecule has 2 heterocycles. The standard InChI is InChI=1S/C18H10N4O4/c19-9-14(18(24)25)5-12-1-3-21-16(7-12)17-8-13(2-4-22-17)6-15(10-20)26-11-23/h1-8,11H,(H,24,25)/b14-5+,15-6+. The van der Waals surface area contributed by atoms with Crippen LogP contribution in [0.25, 0.3) is 23.5 Å². The summed E-state index contributed by atoms with van der Waals surface area (Å²) in [6.45, 7) is 0.156. The summed E-state index contributed by atoms with van der Waals surface area (Å²) in [5.41, 5.74) is 1.51. The molecule has 0 aromatic carbocycles. The average molecular weight is 346 g/mol. The number of hydrogen-bond acceptors (Lipinski definition) is 7. The number of hydrogen-bond donors (Lipinski definition) is 1. The first-order valence-electron chi connectivity index (χ1n) is 7.07. The lowest BCUT2D eigenvalue weighted by atomic mass is 10.1. The Balaban J connectivity index is 2.42. The first-order chi connectivity index (χ1) is 12.6. The van der Waals surface area contributed by atoms with Gasteiger partial charge in [-0.1, -0.05) is 0 Å². The van der Waals surface area contributed by atoms with Gasteiger partial charge < -0.3 is 9.84 Å². The molecule has 0 spiro atoms. The van der Waals surface area contributed by atoms with Gasteiger partial charge in [0.05, 0.1) is 11.4 Å². The number of carbonyl (C=O) groups is 2. The Morgan fingerprint density at radius 2 is 1.62 bits per heavy atom. The van der Waals surface area contributed by atoms with E-state index in [1.165, 1.54) is 24.5 Å². The predicted molar refractivity (Wildman–Crippen MR) is 89.4 cm³/mol. The lowest BCUT2D eigenvalue weighted by Crippen LogP contribution is -1.97. The minimum absolute atomic E-state index is 0.156. The Labute approximate surface area is 147 Å². The normalized spacial score (nSPS) is 11.2. The van der Waals surface area contributed by atoms with Crippen LogP contribution >= 0.6 is 0 Å². The van der Waals surface area contributed by atoms with E-state index < -0.39 is 11.5 Å². The third kappa shape index (κ3) is 4.60. The van der Waals surface area contributed by atoms with Gasteiger partial charge in [0.2, 0.25) is 5.76 Å². The van der Waals surface area contributed by atoms with E-state index in [4.69, 9.17) is 15.6 Å². The summed E-state index contributed by atoms with van der Waals surface area (Å²) in [4.78, 5) is 29.6. The zero-order chi connectivity index (χ0) is 18.9. The van der Waals surface area contributed by atoms with Crippen molar-refractivity contribution in [2.45, 2.75) is 0 Å². The highest BCUT2D eigenvalue weighted by Gasteiger charge is 2.08. The third-order valence-corrected chi connectivity index (χ3v) is 3.08. The molecule has 0 aliphatic carbocycles. The highest BCUT2D eigenvalue weighted by atomic mass is 16.5. The highest BCUT2D eigenvalue weighted by Crippen LogP contribution is 2.19. The first kappa shape index (κ1) is 18.0. The smallest absolute Gasteiger partial charge is 0.346 e. The Hall–Kier alpha value is -4.30. The van der Waals surface area contributed by atoms with Crippen LogP contribution in [0.3, 0.4) is 0 Å². The molecule has 8 heteroatoms. The van der Waals surface area contributed by atoms with Gasteiger partial charge in [0.25, 0.3) is 6.47 Å². The largest absolute Gasteiger partial charge is 0.477 e. The fourth-order valence-corrected chi connectivity index (χ4v) is 1.96. The monoisotopic (exact) mass is 346 g/mol. The van der Waals surface area contributed by atoms with E-state index >= 15 is 0 Å². The molecular weight excluding hydrogens is 336 g/mol. The number of carbonyl (C=O) groups excluding carboxylic acids is 1. The summed E-state index contributed by atoms with van der Waals surface area (Å²) >= 11 is 0. The number of allylic oxidation sites excluding steroid dienone is 1. The SMILES string of the molecule is N#C/C(=C\c1ccnc(-c2cc(/C=C(\C#N)C(=O)O)ccn2)c1)OC=O. The molecule has 0 bridgehead atoms. The third-order valence-electron chi connectivity index (χ3n) is 3.08. The molecule has 1 N–H and O–H groups in total. The van der Waals surface area contributed by atoms with Crippen molar-refractivity contribution in [2.75, 3.05) is 0 Å². The number of carboxylic acids is 1. The van der Waals surface area contributed by atoms with E-state index in [1.54, 1.807) is 36.4 Å². The fourth-order valence-electron chi connectivity index (χ4n) is 1.96. The van der Waals surface area contributed by atoms with E-state index in [0.29, 0.717) is 22.5 Å². The van der Waals surface area contributed by atoms with E-state index in [9.17, 15) is 9.59 Å². The predicted octanol–water partition coefficient (Wildman–Crippen LogP) is 2.17. The molecular formula is C18H10N4O4. The van der Waals surface area contributed by atoms with Gasteiger partial charge in [-0.2, -0.15) is 10.5 Å². The minimum Gasteiger partial charge on any atom is -0.477 e. The number of aliphatic carboxylic acids is 1. The number of nitriles is 2. The van der Waals surface area contributed by atoms with E-state index in [0.717, 1.165) is 0 Å². The Kier molecular flexibility index (Phi) is 5.92. The van der Waals surface area contributed by atoms with Gasteiger partial charge >= 0.3 is 5.97 Å². The second-order valence-electron chi connectivity index (χ2n) is 4.76. The zero-order valence-corrected chi connectivity index (χ0v) is 13.2. The van der Waals surface area contributed by atoms with Crippen LogP contribution in [-0.4, -0.2) is 27.5 Å². The lowest BCUT2D eigenvalue weighted by molar-refractivity contribution is -0.132. The molecule has 0 fully saturated rings. The number of aromatic nitrogens is 2. The first-order valence-corrected chi connectivity index (χ1v) is 7.07. The maximum Gasteiger partial charge on any atom is 0.346 e. The molecule has 126 valence electrons. The van der Waals surface area contributed by atoms with Crippen molar-refractivity contribution in [3.63, 3.8) is 0 Å². The van der Waals surface area contributed by atoms with Crippen LogP contribution in [0.2, 0.25) is 0 Å². The summed E-state index contributed by atoms with van der Waals surface area (Å²) in [5.74, 6) is -1.50. The molecule has 0 saturated heterocycles. The molecule has 26 heavy (non-hydrogen) atoms. The second kappa shape index (κ2) is 8.52. The fraction of sp³-hybridized carbons (Fsp3) is 0. The summed E-state index contributed by atoms with van der Waals surface area (Å²) < 4.78 is 4.53. The van der Waals surface area contributed by atoms with Crippen LogP contribution in [0.15, 0.2) is 48.0 Å². The van der Waals surface area contributed by atoms with Crippen LogP contribution in [0.4, 0.5) is 0 Å². The van der Waals surface area contributed by atoms with Crippen molar-refractivity contribution in [1.82, 2.24) is 9.97 Å². The Bertz CT molecular complexity index is 997. The van der Waals surface area contributed by atoms with Gasteiger partial charge in [-0.3, -0.25) is 14.8 Å². The molecule has 0 saturated carbocycles. The molecule has 0 atom stereocenters. The van der Waals surface area contributed by atoms with Crippen molar-refractivity contribution in [3.05, 3.63) is 59.1 Å². The van der Waals surface area contributed by atoms with Crippen molar-refractivity contribution >= 4 is 24.6 Å². The van der Waals surface area contributed by atoms with Crippen LogP contribution in [0, 0.1) is 22.7 Å².